The van der Waals surface area contributed by atoms with Gasteiger partial charge in [0.15, 0.2) is 6.39 Å². The van der Waals surface area contributed by atoms with E-state index in [2.05, 4.69) is 17.2 Å². The van der Waals surface area contributed by atoms with Crippen molar-refractivity contribution < 1.29 is 9.15 Å². The first-order valence-electron chi connectivity index (χ1n) is 5.01. The van der Waals surface area contributed by atoms with Crippen LogP contribution in [0.4, 0.5) is 0 Å². The van der Waals surface area contributed by atoms with E-state index in [0.717, 1.165) is 31.0 Å². The van der Waals surface area contributed by atoms with E-state index < -0.39 is 0 Å². The highest BCUT2D eigenvalue weighted by molar-refractivity contribution is 5.04. The van der Waals surface area contributed by atoms with Crippen LogP contribution < -0.4 is 5.32 Å². The van der Waals surface area contributed by atoms with Gasteiger partial charge in [-0.15, -0.1) is 0 Å². The molecular formula is C10H16N2O2. The van der Waals surface area contributed by atoms with Gasteiger partial charge in [0.25, 0.3) is 0 Å². The summed E-state index contributed by atoms with van der Waals surface area (Å²) >= 11 is 0. The van der Waals surface area contributed by atoms with Crippen molar-refractivity contribution in [3.05, 3.63) is 17.8 Å². The van der Waals surface area contributed by atoms with Crippen LogP contribution in [0.1, 0.15) is 24.8 Å². The minimum atomic E-state index is 0.308. The molecule has 0 aliphatic carbocycles. The van der Waals surface area contributed by atoms with E-state index in [4.69, 9.17) is 9.15 Å². The van der Waals surface area contributed by atoms with Gasteiger partial charge in [-0.25, -0.2) is 4.98 Å². The zero-order chi connectivity index (χ0) is 9.97. The molecular weight excluding hydrogens is 180 g/mol. The molecule has 1 aromatic heterocycles. The number of nitrogens with one attached hydrogen (secondary N) is 1. The van der Waals surface area contributed by atoms with Gasteiger partial charge in [-0.1, -0.05) is 0 Å². The molecule has 0 unspecified atom stereocenters. The van der Waals surface area contributed by atoms with Crippen LogP contribution in [0.5, 0.6) is 0 Å². The monoisotopic (exact) mass is 196 g/mol. The maximum absolute atomic E-state index is 5.46. The van der Waals surface area contributed by atoms with Gasteiger partial charge in [0.2, 0.25) is 0 Å². The predicted octanol–water partition coefficient (Wildman–Crippen LogP) is 1.25. The normalized spacial score (nSPS) is 27.0. The molecule has 1 fully saturated rings. The van der Waals surface area contributed by atoms with E-state index in [1.54, 1.807) is 0 Å². The summed E-state index contributed by atoms with van der Waals surface area (Å²) in [5, 5.41) is 3.43. The molecule has 1 aliphatic rings. The fourth-order valence-electron chi connectivity index (χ4n) is 1.73. The Morgan fingerprint density at radius 3 is 3.07 bits per heavy atom. The first kappa shape index (κ1) is 9.68. The van der Waals surface area contributed by atoms with Crippen LogP contribution in [-0.4, -0.2) is 23.7 Å². The lowest BCUT2D eigenvalue weighted by Gasteiger charge is -2.14. The SMILES string of the molecule is Cc1ocnc1CN[C@@H]1CCO[C@@H]1C. The summed E-state index contributed by atoms with van der Waals surface area (Å²) in [4.78, 5) is 4.13. The van der Waals surface area contributed by atoms with Gasteiger partial charge < -0.3 is 14.5 Å². The van der Waals surface area contributed by atoms with Crippen LogP contribution in [-0.2, 0) is 11.3 Å². The Hall–Kier alpha value is -0.870. The number of oxazole rings is 1. The Morgan fingerprint density at radius 1 is 1.64 bits per heavy atom. The third kappa shape index (κ3) is 1.96. The van der Waals surface area contributed by atoms with Crippen LogP contribution in [0.3, 0.4) is 0 Å². The van der Waals surface area contributed by atoms with Crippen LogP contribution in [0.15, 0.2) is 10.8 Å². The van der Waals surface area contributed by atoms with Gasteiger partial charge in [0.05, 0.1) is 11.8 Å². The molecule has 0 aromatic carbocycles. The Morgan fingerprint density at radius 2 is 2.50 bits per heavy atom. The van der Waals surface area contributed by atoms with Gasteiger partial charge in [-0.05, 0) is 20.3 Å². The summed E-state index contributed by atoms with van der Waals surface area (Å²) in [6, 6.07) is 0.450. The number of nitrogens with zero attached hydrogens (tertiary/aromatic N) is 1. The maximum Gasteiger partial charge on any atom is 0.181 e. The zero-order valence-electron chi connectivity index (χ0n) is 8.62. The van der Waals surface area contributed by atoms with E-state index in [-0.39, 0.29) is 0 Å². The molecule has 0 radical (unpaired) electrons. The quantitative estimate of drug-likeness (QED) is 0.790. The second-order valence-electron chi connectivity index (χ2n) is 3.71. The van der Waals surface area contributed by atoms with Crippen LogP contribution in [0.2, 0.25) is 0 Å². The molecule has 1 aliphatic heterocycles. The van der Waals surface area contributed by atoms with E-state index in [1.165, 1.54) is 6.39 Å². The van der Waals surface area contributed by atoms with Crippen LogP contribution in [0.25, 0.3) is 0 Å². The molecule has 4 heteroatoms. The Balaban J connectivity index is 1.85. The Bertz CT molecular complexity index is 298. The van der Waals surface area contributed by atoms with E-state index >= 15 is 0 Å². The molecule has 4 nitrogen and oxygen atoms in total. The number of hydrogen-bond donors (Lipinski definition) is 1. The number of aryl methyl sites for hydroxylation is 1. The van der Waals surface area contributed by atoms with Crippen molar-refractivity contribution in [3.8, 4) is 0 Å². The van der Waals surface area contributed by atoms with Crippen molar-refractivity contribution in [2.45, 2.75) is 39.0 Å². The van der Waals surface area contributed by atoms with Crippen molar-refractivity contribution in [3.63, 3.8) is 0 Å². The summed E-state index contributed by atoms with van der Waals surface area (Å²) < 4.78 is 10.6. The third-order valence-electron chi connectivity index (χ3n) is 2.75. The first-order chi connectivity index (χ1) is 6.77. The van der Waals surface area contributed by atoms with Crippen molar-refractivity contribution in [1.29, 1.82) is 0 Å². The number of rotatable bonds is 3. The molecule has 2 heterocycles. The lowest BCUT2D eigenvalue weighted by atomic mass is 10.1. The highest BCUT2D eigenvalue weighted by Crippen LogP contribution is 2.13. The predicted molar refractivity (Wildman–Crippen MR) is 51.9 cm³/mol. The molecule has 0 bridgehead atoms. The molecule has 2 rings (SSSR count). The van der Waals surface area contributed by atoms with Crippen LogP contribution in [0, 0.1) is 6.92 Å². The first-order valence-corrected chi connectivity index (χ1v) is 5.01. The fraction of sp³-hybridized carbons (Fsp3) is 0.700. The lowest BCUT2D eigenvalue weighted by molar-refractivity contribution is 0.113. The summed E-state index contributed by atoms with van der Waals surface area (Å²) in [6.45, 7) is 5.65. The van der Waals surface area contributed by atoms with Gasteiger partial charge in [0.1, 0.15) is 5.76 Å². The minimum absolute atomic E-state index is 0.308. The Labute approximate surface area is 83.7 Å². The lowest BCUT2D eigenvalue weighted by Crippen LogP contribution is -2.34. The summed E-state index contributed by atoms with van der Waals surface area (Å²) in [5.41, 5.74) is 0.990. The fourth-order valence-corrected chi connectivity index (χ4v) is 1.73. The molecule has 1 saturated heterocycles. The van der Waals surface area contributed by atoms with Crippen molar-refractivity contribution in [2.75, 3.05) is 6.61 Å². The molecule has 1 N–H and O–H groups in total. The second-order valence-corrected chi connectivity index (χ2v) is 3.71. The topological polar surface area (TPSA) is 47.3 Å². The van der Waals surface area contributed by atoms with Crippen LogP contribution >= 0.6 is 0 Å². The zero-order valence-corrected chi connectivity index (χ0v) is 8.62. The van der Waals surface area contributed by atoms with E-state index in [9.17, 15) is 0 Å². The molecule has 1 aromatic rings. The second kappa shape index (κ2) is 4.11. The smallest absolute Gasteiger partial charge is 0.181 e. The highest BCUT2D eigenvalue weighted by atomic mass is 16.5. The third-order valence-corrected chi connectivity index (χ3v) is 2.75. The summed E-state index contributed by atoms with van der Waals surface area (Å²) in [5.74, 6) is 0.893. The largest absolute Gasteiger partial charge is 0.448 e. The molecule has 0 saturated carbocycles. The Kier molecular flexibility index (Phi) is 2.84. The maximum atomic E-state index is 5.46. The van der Waals surface area contributed by atoms with Gasteiger partial charge in [-0.2, -0.15) is 0 Å². The summed E-state index contributed by atoms with van der Waals surface area (Å²) in [7, 11) is 0. The number of ether oxygens (including phenoxy) is 1. The molecule has 78 valence electrons. The number of hydrogen-bond acceptors (Lipinski definition) is 4. The molecule has 0 spiro atoms. The van der Waals surface area contributed by atoms with Crippen molar-refractivity contribution in [1.82, 2.24) is 10.3 Å². The average molecular weight is 196 g/mol. The standard InChI is InChI=1S/C10H16N2O2/c1-7-9(3-4-13-7)11-5-10-8(2)14-6-12-10/h6-7,9,11H,3-5H2,1-2H3/t7-,9-/m1/s1. The molecule has 2 atom stereocenters. The van der Waals surface area contributed by atoms with E-state index in [1.807, 2.05) is 6.92 Å². The average Bonchev–Trinajstić information content (AvgIpc) is 2.72. The summed E-state index contributed by atoms with van der Waals surface area (Å²) in [6.07, 6.45) is 2.88. The van der Waals surface area contributed by atoms with Crippen molar-refractivity contribution in [2.24, 2.45) is 0 Å². The van der Waals surface area contributed by atoms with Gasteiger partial charge in [-0.3, -0.25) is 0 Å². The molecule has 0 amide bonds. The number of aromatic nitrogens is 1. The van der Waals surface area contributed by atoms with Gasteiger partial charge >= 0.3 is 0 Å². The highest BCUT2D eigenvalue weighted by Gasteiger charge is 2.23. The van der Waals surface area contributed by atoms with Crippen molar-refractivity contribution >= 4 is 0 Å². The van der Waals surface area contributed by atoms with E-state index in [0.29, 0.717) is 12.1 Å². The van der Waals surface area contributed by atoms with Gasteiger partial charge in [0, 0.05) is 19.2 Å². The minimum Gasteiger partial charge on any atom is -0.448 e. The molecule has 14 heavy (non-hydrogen) atoms.